The zero-order valence-electron chi connectivity index (χ0n) is 15.5. The molecule has 0 spiro atoms. The number of ether oxygens (including phenoxy) is 1. The SMILES string of the molecule is O=C(NC1COCC1O)c1cc(-c2ccc3nc(NC(=O)C4CC4)cn3c2)cs1. The first-order chi connectivity index (χ1) is 14.1. The van der Waals surface area contributed by atoms with Gasteiger partial charge in [0.2, 0.25) is 5.91 Å². The van der Waals surface area contributed by atoms with Gasteiger partial charge in [0.25, 0.3) is 5.91 Å². The Labute approximate surface area is 170 Å². The Morgan fingerprint density at radius 3 is 2.83 bits per heavy atom. The van der Waals surface area contributed by atoms with E-state index in [1.54, 1.807) is 6.20 Å². The fourth-order valence-electron chi connectivity index (χ4n) is 3.32. The molecule has 9 heteroatoms. The highest BCUT2D eigenvalue weighted by molar-refractivity contribution is 7.12. The van der Waals surface area contributed by atoms with Crippen LogP contribution in [0, 0.1) is 5.92 Å². The van der Waals surface area contributed by atoms with Crippen molar-refractivity contribution in [2.45, 2.75) is 25.0 Å². The van der Waals surface area contributed by atoms with Crippen LogP contribution in [0.1, 0.15) is 22.5 Å². The topological polar surface area (TPSA) is 105 Å². The first kappa shape index (κ1) is 18.3. The summed E-state index contributed by atoms with van der Waals surface area (Å²) >= 11 is 1.35. The van der Waals surface area contributed by atoms with Crippen molar-refractivity contribution in [1.29, 1.82) is 0 Å². The smallest absolute Gasteiger partial charge is 0.261 e. The lowest BCUT2D eigenvalue weighted by Crippen LogP contribution is -2.42. The predicted molar refractivity (Wildman–Crippen MR) is 108 cm³/mol. The normalized spacial score (nSPS) is 21.4. The summed E-state index contributed by atoms with van der Waals surface area (Å²) in [4.78, 5) is 29.4. The average molecular weight is 412 g/mol. The van der Waals surface area contributed by atoms with E-state index in [2.05, 4.69) is 15.6 Å². The molecule has 1 aliphatic heterocycles. The summed E-state index contributed by atoms with van der Waals surface area (Å²) in [5.41, 5.74) is 2.60. The van der Waals surface area contributed by atoms with Gasteiger partial charge in [-0.15, -0.1) is 11.3 Å². The number of pyridine rings is 1. The Bertz CT molecular complexity index is 1090. The maximum absolute atomic E-state index is 12.4. The van der Waals surface area contributed by atoms with Gasteiger partial charge in [0.05, 0.1) is 36.4 Å². The van der Waals surface area contributed by atoms with E-state index in [1.165, 1.54) is 11.3 Å². The Balaban J connectivity index is 1.32. The first-order valence-corrected chi connectivity index (χ1v) is 10.4. The van der Waals surface area contributed by atoms with Gasteiger partial charge >= 0.3 is 0 Å². The van der Waals surface area contributed by atoms with Crippen molar-refractivity contribution in [1.82, 2.24) is 14.7 Å². The monoisotopic (exact) mass is 412 g/mol. The molecule has 4 heterocycles. The molecule has 1 saturated carbocycles. The number of imidazole rings is 1. The van der Waals surface area contributed by atoms with E-state index in [4.69, 9.17) is 4.74 Å². The third kappa shape index (κ3) is 3.76. The van der Waals surface area contributed by atoms with Crippen LogP contribution in [-0.4, -0.2) is 51.7 Å². The molecule has 2 unspecified atom stereocenters. The summed E-state index contributed by atoms with van der Waals surface area (Å²) in [5, 5.41) is 17.4. The number of fused-ring (bicyclic) bond motifs is 1. The maximum Gasteiger partial charge on any atom is 0.261 e. The van der Waals surface area contributed by atoms with Crippen LogP contribution < -0.4 is 10.6 Å². The van der Waals surface area contributed by atoms with Crippen molar-refractivity contribution >= 4 is 34.6 Å². The summed E-state index contributed by atoms with van der Waals surface area (Å²) in [6.07, 6.45) is 4.94. The third-order valence-electron chi connectivity index (χ3n) is 5.17. The Morgan fingerprint density at radius 1 is 1.21 bits per heavy atom. The van der Waals surface area contributed by atoms with Crippen LogP contribution in [0.3, 0.4) is 0 Å². The lowest BCUT2D eigenvalue weighted by Gasteiger charge is -2.13. The summed E-state index contributed by atoms with van der Waals surface area (Å²) in [6.45, 7) is 0.566. The summed E-state index contributed by atoms with van der Waals surface area (Å²) in [6, 6.07) is 5.27. The molecule has 5 rings (SSSR count). The minimum Gasteiger partial charge on any atom is -0.388 e. The molecule has 3 aromatic heterocycles. The molecule has 2 atom stereocenters. The van der Waals surface area contributed by atoms with Crippen LogP contribution >= 0.6 is 11.3 Å². The van der Waals surface area contributed by atoms with Gasteiger partial charge in [-0.3, -0.25) is 9.59 Å². The molecule has 1 saturated heterocycles. The van der Waals surface area contributed by atoms with Crippen LogP contribution in [0.25, 0.3) is 16.8 Å². The number of carbonyl (C=O) groups is 2. The van der Waals surface area contributed by atoms with E-state index in [0.29, 0.717) is 17.3 Å². The molecule has 3 N–H and O–H groups in total. The van der Waals surface area contributed by atoms with E-state index < -0.39 is 6.10 Å². The number of nitrogens with zero attached hydrogens (tertiary/aromatic N) is 2. The van der Waals surface area contributed by atoms with Crippen LogP contribution in [0.4, 0.5) is 5.82 Å². The van der Waals surface area contributed by atoms with E-state index in [9.17, 15) is 14.7 Å². The van der Waals surface area contributed by atoms with Crippen molar-refractivity contribution < 1.29 is 19.4 Å². The van der Waals surface area contributed by atoms with Crippen LogP contribution in [0.15, 0.2) is 36.0 Å². The Morgan fingerprint density at radius 2 is 2.07 bits per heavy atom. The number of nitrogens with one attached hydrogen (secondary N) is 2. The molecule has 3 aromatic rings. The molecule has 0 aromatic carbocycles. The summed E-state index contributed by atoms with van der Waals surface area (Å²) in [7, 11) is 0. The molecule has 150 valence electrons. The molecule has 2 amide bonds. The molecule has 0 bridgehead atoms. The third-order valence-corrected chi connectivity index (χ3v) is 6.10. The quantitative estimate of drug-likeness (QED) is 0.594. The highest BCUT2D eigenvalue weighted by Gasteiger charge is 2.30. The van der Waals surface area contributed by atoms with Crippen molar-refractivity contribution in [3.8, 4) is 11.1 Å². The first-order valence-electron chi connectivity index (χ1n) is 9.52. The van der Waals surface area contributed by atoms with Crippen LogP contribution in [-0.2, 0) is 9.53 Å². The largest absolute Gasteiger partial charge is 0.388 e. The van der Waals surface area contributed by atoms with E-state index in [1.807, 2.05) is 34.2 Å². The van der Waals surface area contributed by atoms with Crippen LogP contribution in [0.5, 0.6) is 0 Å². The molecular weight excluding hydrogens is 392 g/mol. The molecule has 1 aliphatic carbocycles. The van der Waals surface area contributed by atoms with Gasteiger partial charge in [-0.2, -0.15) is 0 Å². The highest BCUT2D eigenvalue weighted by atomic mass is 32.1. The Hall–Kier alpha value is -2.75. The summed E-state index contributed by atoms with van der Waals surface area (Å²) < 4.78 is 7.03. The minimum atomic E-state index is -0.670. The second-order valence-corrected chi connectivity index (χ2v) is 8.37. The predicted octanol–water partition coefficient (Wildman–Crippen LogP) is 1.90. The summed E-state index contributed by atoms with van der Waals surface area (Å²) in [5.74, 6) is 0.480. The number of thiophene rings is 1. The number of aromatic nitrogens is 2. The Kier molecular flexibility index (Phi) is 4.57. The lowest BCUT2D eigenvalue weighted by molar-refractivity contribution is -0.117. The maximum atomic E-state index is 12.4. The number of aliphatic hydroxyl groups is 1. The number of aliphatic hydroxyl groups excluding tert-OH is 1. The second-order valence-electron chi connectivity index (χ2n) is 7.46. The average Bonchev–Trinajstić information content (AvgIpc) is 3.10. The number of hydrogen-bond donors (Lipinski definition) is 3. The van der Waals surface area contributed by atoms with Gasteiger partial charge < -0.3 is 24.9 Å². The lowest BCUT2D eigenvalue weighted by atomic mass is 10.1. The molecule has 2 aliphatic rings. The fourth-order valence-corrected chi connectivity index (χ4v) is 4.14. The fraction of sp³-hybridized carbons (Fsp3) is 0.350. The van der Waals surface area contributed by atoms with Gasteiger partial charge in [0.15, 0.2) is 5.82 Å². The van der Waals surface area contributed by atoms with Crippen molar-refractivity contribution in [2.75, 3.05) is 18.5 Å². The molecule has 2 fully saturated rings. The van der Waals surface area contributed by atoms with Gasteiger partial charge in [0, 0.05) is 12.1 Å². The number of hydrogen-bond acceptors (Lipinski definition) is 6. The standard InChI is InChI=1S/C20H20N4O4S/c25-15-9-28-8-14(15)21-20(27)16-5-13(10-29-16)12-3-4-18-22-17(7-24(18)6-12)23-19(26)11-1-2-11/h3-7,10-11,14-15,25H,1-2,8-9H2,(H,21,27)(H,23,26). The van der Waals surface area contributed by atoms with Gasteiger partial charge in [-0.25, -0.2) is 4.98 Å². The number of anilines is 1. The van der Waals surface area contributed by atoms with Gasteiger partial charge in [0.1, 0.15) is 5.65 Å². The van der Waals surface area contributed by atoms with Gasteiger partial charge in [-0.05, 0) is 47.5 Å². The number of carbonyl (C=O) groups excluding carboxylic acids is 2. The minimum absolute atomic E-state index is 0.0277. The van der Waals surface area contributed by atoms with Gasteiger partial charge in [-0.1, -0.05) is 0 Å². The molecular formula is C20H20N4O4S. The van der Waals surface area contributed by atoms with E-state index in [-0.39, 0.29) is 30.4 Å². The molecule has 29 heavy (non-hydrogen) atoms. The van der Waals surface area contributed by atoms with Crippen LogP contribution in [0.2, 0.25) is 0 Å². The molecule has 0 radical (unpaired) electrons. The van der Waals surface area contributed by atoms with Crippen molar-refractivity contribution in [2.24, 2.45) is 5.92 Å². The zero-order chi connectivity index (χ0) is 20.0. The van der Waals surface area contributed by atoms with E-state index >= 15 is 0 Å². The van der Waals surface area contributed by atoms with Crippen molar-refractivity contribution in [3.63, 3.8) is 0 Å². The molecule has 8 nitrogen and oxygen atoms in total. The zero-order valence-corrected chi connectivity index (χ0v) is 16.3. The number of rotatable bonds is 5. The van der Waals surface area contributed by atoms with Crippen molar-refractivity contribution in [3.05, 3.63) is 40.8 Å². The second kappa shape index (κ2) is 7.25. The van der Waals surface area contributed by atoms with E-state index in [0.717, 1.165) is 29.6 Å². The number of amides is 2. The highest BCUT2D eigenvalue weighted by Crippen LogP contribution is 2.30.